The van der Waals surface area contributed by atoms with E-state index >= 15 is 0 Å². The fraction of sp³-hybridized carbons (Fsp3) is 0.333. The standard InChI is InChI=1S/C30H28N2O2S/c33-27-15-23-11-12-24(30-29(23)31-35-32-30)16-28(34)18-26-13-21-5-1-3-19-7-9-20(10-8-19)4-2-6-22(26)14-25(21)17-27/h7-14H,1-6,15-18H2. The van der Waals surface area contributed by atoms with Gasteiger partial charge in [0.15, 0.2) is 0 Å². The second kappa shape index (κ2) is 9.46. The maximum absolute atomic E-state index is 13.3. The second-order valence-corrected chi connectivity index (χ2v) is 10.6. The Morgan fingerprint density at radius 2 is 0.943 bits per heavy atom. The predicted molar refractivity (Wildman–Crippen MR) is 139 cm³/mol. The first kappa shape index (κ1) is 22.3. The second-order valence-electron chi connectivity index (χ2n) is 10.0. The number of aromatic nitrogens is 2. The van der Waals surface area contributed by atoms with Crippen LogP contribution in [0.4, 0.5) is 0 Å². The van der Waals surface area contributed by atoms with Crippen LogP contribution in [0.2, 0.25) is 0 Å². The molecule has 0 fully saturated rings. The van der Waals surface area contributed by atoms with Crippen molar-refractivity contribution in [2.24, 2.45) is 0 Å². The third-order valence-electron chi connectivity index (χ3n) is 7.50. The first-order valence-corrected chi connectivity index (χ1v) is 13.3. The number of Topliss-reactive ketones (excluding diaryl/α,β-unsaturated/α-hetero) is 2. The van der Waals surface area contributed by atoms with Crippen LogP contribution < -0.4 is 0 Å². The molecule has 0 radical (unpaired) electrons. The Morgan fingerprint density at radius 1 is 0.514 bits per heavy atom. The lowest BCUT2D eigenvalue weighted by atomic mass is 9.86. The van der Waals surface area contributed by atoms with Gasteiger partial charge < -0.3 is 0 Å². The van der Waals surface area contributed by atoms with Gasteiger partial charge in [0.1, 0.15) is 22.6 Å². The molecule has 12 rings (SSSR count). The van der Waals surface area contributed by atoms with Gasteiger partial charge in [0.25, 0.3) is 0 Å². The molecule has 0 aliphatic heterocycles. The van der Waals surface area contributed by atoms with Crippen LogP contribution >= 0.6 is 11.7 Å². The van der Waals surface area contributed by atoms with Crippen LogP contribution in [0.1, 0.15) is 57.3 Å². The van der Waals surface area contributed by atoms with Crippen LogP contribution in [0.5, 0.6) is 0 Å². The zero-order valence-corrected chi connectivity index (χ0v) is 20.6. The van der Waals surface area contributed by atoms with Gasteiger partial charge in [0, 0.05) is 25.7 Å². The summed E-state index contributed by atoms with van der Waals surface area (Å²) in [4.78, 5) is 26.6. The van der Waals surface area contributed by atoms with E-state index < -0.39 is 0 Å². The van der Waals surface area contributed by atoms with Gasteiger partial charge in [-0.2, -0.15) is 8.75 Å². The molecular formula is C30H28N2O2S. The Hall–Kier alpha value is -3.18. The van der Waals surface area contributed by atoms with Crippen LogP contribution in [0.15, 0.2) is 48.5 Å². The third-order valence-corrected chi connectivity index (χ3v) is 8.03. The molecule has 0 spiro atoms. The van der Waals surface area contributed by atoms with Gasteiger partial charge in [0.05, 0.1) is 11.7 Å². The van der Waals surface area contributed by atoms with Gasteiger partial charge in [0.2, 0.25) is 0 Å². The summed E-state index contributed by atoms with van der Waals surface area (Å²) in [5.74, 6) is 0.409. The van der Waals surface area contributed by atoms with Gasteiger partial charge in [-0.3, -0.25) is 9.59 Å². The fourth-order valence-electron chi connectivity index (χ4n) is 5.65. The van der Waals surface area contributed by atoms with E-state index in [0.29, 0.717) is 25.7 Å². The number of carbonyl (C=O) groups is 2. The lowest BCUT2D eigenvalue weighted by Gasteiger charge is -2.18. The first-order chi connectivity index (χ1) is 17.1. The van der Waals surface area contributed by atoms with Gasteiger partial charge in [-0.05, 0) is 83.0 Å². The number of nitrogens with zero attached hydrogens (tertiary/aromatic N) is 2. The quantitative estimate of drug-likeness (QED) is 0.339. The Bertz CT molecular complexity index is 1330. The summed E-state index contributed by atoms with van der Waals surface area (Å²) in [5, 5.41) is 0. The third kappa shape index (κ3) is 4.70. The zero-order chi connectivity index (χ0) is 23.8. The van der Waals surface area contributed by atoms with Crippen molar-refractivity contribution in [2.75, 3.05) is 0 Å². The van der Waals surface area contributed by atoms with Crippen LogP contribution in [-0.2, 0) is 61.0 Å². The summed E-state index contributed by atoms with van der Waals surface area (Å²) in [6.45, 7) is 0. The maximum atomic E-state index is 13.3. The molecule has 4 aromatic rings. The molecule has 8 aliphatic rings. The van der Waals surface area contributed by atoms with Crippen molar-refractivity contribution in [1.82, 2.24) is 8.75 Å². The van der Waals surface area contributed by atoms with Crippen molar-refractivity contribution in [3.8, 4) is 0 Å². The number of aryl methyl sites for hydroxylation is 4. The molecular weight excluding hydrogens is 452 g/mol. The predicted octanol–water partition coefficient (Wildman–Crippen LogP) is 5.38. The fourth-order valence-corrected chi connectivity index (χ4v) is 6.27. The average Bonchev–Trinajstić information content (AvgIpc) is 3.34. The highest BCUT2D eigenvalue weighted by Gasteiger charge is 2.20. The van der Waals surface area contributed by atoms with Crippen LogP contribution in [0.3, 0.4) is 0 Å². The van der Waals surface area contributed by atoms with E-state index in [-0.39, 0.29) is 11.6 Å². The normalized spacial score (nSPS) is 16.7. The van der Waals surface area contributed by atoms with Crippen molar-refractivity contribution < 1.29 is 9.59 Å². The van der Waals surface area contributed by atoms with Crippen molar-refractivity contribution >= 4 is 34.3 Å². The lowest BCUT2D eigenvalue weighted by Crippen LogP contribution is -2.15. The smallest absolute Gasteiger partial charge is 0.141 e. The SMILES string of the molecule is O=C1Cc2cc3c(cc2CCCc2ccc(cc2)CCC3)CC(=O)Cc2ccc(c3nsnc23)C1. The molecule has 4 nitrogen and oxygen atoms in total. The molecule has 35 heavy (non-hydrogen) atoms. The van der Waals surface area contributed by atoms with E-state index in [2.05, 4.69) is 45.1 Å². The molecule has 0 N–H and O–H groups in total. The first-order valence-electron chi connectivity index (χ1n) is 12.6. The highest BCUT2D eigenvalue weighted by Crippen LogP contribution is 2.28. The molecule has 1 aromatic heterocycles. The molecule has 0 amide bonds. The van der Waals surface area contributed by atoms with Gasteiger partial charge in [-0.25, -0.2) is 0 Å². The summed E-state index contributed by atoms with van der Waals surface area (Å²) in [7, 11) is 0. The van der Waals surface area contributed by atoms with E-state index in [4.69, 9.17) is 0 Å². The Balaban J connectivity index is 1.41. The highest BCUT2D eigenvalue weighted by molar-refractivity contribution is 7.00. The molecule has 176 valence electrons. The minimum atomic E-state index is 0.205. The van der Waals surface area contributed by atoms with Crippen molar-refractivity contribution in [2.45, 2.75) is 64.2 Å². The summed E-state index contributed by atoms with van der Waals surface area (Å²) in [6, 6.07) is 17.5. The van der Waals surface area contributed by atoms with Gasteiger partial charge >= 0.3 is 0 Å². The summed E-state index contributed by atoms with van der Waals surface area (Å²) in [5.41, 5.74) is 10.8. The number of ketones is 2. The number of carbonyl (C=O) groups excluding carboxylic acids is 2. The van der Waals surface area contributed by atoms with Crippen LogP contribution in [-0.4, -0.2) is 20.3 Å². The molecule has 3 aromatic carbocycles. The zero-order valence-electron chi connectivity index (χ0n) is 19.8. The summed E-state index contributed by atoms with van der Waals surface area (Å²) in [6.07, 6.45) is 7.46. The molecule has 0 atom stereocenters. The van der Waals surface area contributed by atoms with E-state index in [1.807, 2.05) is 12.1 Å². The van der Waals surface area contributed by atoms with Gasteiger partial charge in [-0.1, -0.05) is 48.5 Å². The largest absolute Gasteiger partial charge is 0.299 e. The number of hydrogen-bond donors (Lipinski definition) is 0. The summed E-state index contributed by atoms with van der Waals surface area (Å²) >= 11 is 1.15. The maximum Gasteiger partial charge on any atom is 0.141 e. The molecule has 0 saturated heterocycles. The Labute approximate surface area is 209 Å². The molecule has 8 aliphatic carbocycles. The Kier molecular flexibility index (Phi) is 6.03. The lowest BCUT2D eigenvalue weighted by molar-refractivity contribution is -0.118. The van der Waals surface area contributed by atoms with E-state index in [9.17, 15) is 9.59 Å². The number of benzene rings is 3. The number of hydrogen-bond acceptors (Lipinski definition) is 5. The average molecular weight is 481 g/mol. The topological polar surface area (TPSA) is 59.9 Å². The van der Waals surface area contributed by atoms with Gasteiger partial charge in [-0.15, -0.1) is 0 Å². The Morgan fingerprint density at radius 3 is 1.40 bits per heavy atom. The van der Waals surface area contributed by atoms with E-state index in [0.717, 1.165) is 83.5 Å². The molecule has 0 unspecified atom stereocenters. The van der Waals surface area contributed by atoms with Crippen molar-refractivity contribution in [3.05, 3.63) is 93.0 Å². The van der Waals surface area contributed by atoms with Crippen molar-refractivity contribution in [1.29, 1.82) is 0 Å². The highest BCUT2D eigenvalue weighted by atomic mass is 32.1. The number of rotatable bonds is 0. The molecule has 5 heteroatoms. The monoisotopic (exact) mass is 480 g/mol. The van der Waals surface area contributed by atoms with Crippen LogP contribution in [0, 0.1) is 0 Å². The van der Waals surface area contributed by atoms with E-state index in [1.54, 1.807) is 0 Å². The minimum Gasteiger partial charge on any atom is -0.299 e. The van der Waals surface area contributed by atoms with Crippen LogP contribution in [0.25, 0.3) is 11.0 Å². The molecule has 1 heterocycles. The van der Waals surface area contributed by atoms with E-state index in [1.165, 1.54) is 22.3 Å². The summed E-state index contributed by atoms with van der Waals surface area (Å²) < 4.78 is 8.93. The minimum absolute atomic E-state index is 0.205. The molecule has 0 saturated carbocycles. The molecule has 8 bridgehead atoms. The van der Waals surface area contributed by atoms with Crippen molar-refractivity contribution in [3.63, 3.8) is 0 Å².